The van der Waals surface area contributed by atoms with Crippen LogP contribution < -0.4 is 5.32 Å². The lowest BCUT2D eigenvalue weighted by Gasteiger charge is -2.23. The highest BCUT2D eigenvalue weighted by atomic mass is 16.3. The summed E-state index contributed by atoms with van der Waals surface area (Å²) < 4.78 is 0. The molecule has 1 aromatic carbocycles. The zero-order valence-electron chi connectivity index (χ0n) is 13.3. The highest BCUT2D eigenvalue weighted by Crippen LogP contribution is 2.26. The Morgan fingerprint density at radius 3 is 2.82 bits per heavy atom. The van der Waals surface area contributed by atoms with Gasteiger partial charge in [-0.3, -0.25) is 0 Å². The normalized spacial score (nSPS) is 17.5. The van der Waals surface area contributed by atoms with Crippen molar-refractivity contribution in [3.63, 3.8) is 0 Å². The average Bonchev–Trinajstić information content (AvgIpc) is 2.54. The first-order valence-corrected chi connectivity index (χ1v) is 8.40. The van der Waals surface area contributed by atoms with Gasteiger partial charge in [-0.15, -0.1) is 0 Å². The number of hydrogen-bond donors (Lipinski definition) is 2. The van der Waals surface area contributed by atoms with Crippen molar-refractivity contribution in [2.45, 2.75) is 64.0 Å². The van der Waals surface area contributed by atoms with Crippen molar-refractivity contribution in [3.05, 3.63) is 30.1 Å². The zero-order chi connectivity index (χ0) is 15.4. The van der Waals surface area contributed by atoms with E-state index in [-0.39, 0.29) is 6.10 Å². The van der Waals surface area contributed by atoms with Crippen molar-refractivity contribution in [1.82, 2.24) is 9.97 Å². The molecule has 4 nitrogen and oxygen atoms in total. The van der Waals surface area contributed by atoms with Gasteiger partial charge in [-0.25, -0.2) is 9.97 Å². The topological polar surface area (TPSA) is 58.0 Å². The van der Waals surface area contributed by atoms with Crippen LogP contribution in [0.15, 0.2) is 24.5 Å². The molecule has 4 heteroatoms. The predicted octanol–water partition coefficient (Wildman–Crippen LogP) is 3.69. The fraction of sp³-hybridized carbons (Fsp3) is 0.556. The van der Waals surface area contributed by atoms with Crippen molar-refractivity contribution in [2.24, 2.45) is 0 Å². The van der Waals surface area contributed by atoms with Gasteiger partial charge in [0.2, 0.25) is 0 Å². The molecule has 1 aliphatic carbocycles. The van der Waals surface area contributed by atoms with E-state index in [1.165, 1.54) is 37.7 Å². The number of anilines is 1. The van der Waals surface area contributed by atoms with E-state index in [1.54, 1.807) is 6.33 Å². The Bertz CT molecular complexity index is 621. The lowest BCUT2D eigenvalue weighted by molar-refractivity contribution is 0.185. The minimum absolute atomic E-state index is 0.262. The Kier molecular flexibility index (Phi) is 4.88. The molecular formula is C18H25N3O. The molecule has 22 heavy (non-hydrogen) atoms. The molecule has 0 radical (unpaired) electrons. The number of rotatable bonds is 5. The third-order valence-corrected chi connectivity index (χ3v) is 4.50. The van der Waals surface area contributed by atoms with Gasteiger partial charge in [-0.1, -0.05) is 25.3 Å². The second-order valence-corrected chi connectivity index (χ2v) is 6.44. The largest absolute Gasteiger partial charge is 0.393 e. The Morgan fingerprint density at radius 1 is 1.23 bits per heavy atom. The van der Waals surface area contributed by atoms with E-state index in [0.717, 1.165) is 29.6 Å². The quantitative estimate of drug-likeness (QED) is 0.884. The van der Waals surface area contributed by atoms with Crippen molar-refractivity contribution in [2.75, 3.05) is 5.32 Å². The van der Waals surface area contributed by atoms with Crippen molar-refractivity contribution >= 4 is 16.7 Å². The third-order valence-electron chi connectivity index (χ3n) is 4.50. The lowest BCUT2D eigenvalue weighted by atomic mass is 9.95. The van der Waals surface area contributed by atoms with E-state index in [9.17, 15) is 5.11 Å². The number of hydrogen-bond acceptors (Lipinski definition) is 4. The molecular weight excluding hydrogens is 274 g/mol. The van der Waals surface area contributed by atoms with Gasteiger partial charge in [0, 0.05) is 11.4 Å². The number of nitrogens with one attached hydrogen (secondary N) is 1. The standard InChI is InChI=1S/C18H25N3O/c1-13(22)7-8-14-9-10-17-16(11-14)18(20-12-19-17)21-15-5-3-2-4-6-15/h9-13,15,22H,2-8H2,1H3,(H,19,20,21). The van der Waals surface area contributed by atoms with Crippen LogP contribution in [0.25, 0.3) is 10.9 Å². The highest BCUT2D eigenvalue weighted by Gasteiger charge is 2.15. The maximum atomic E-state index is 9.46. The van der Waals surface area contributed by atoms with Crippen molar-refractivity contribution in [3.8, 4) is 0 Å². The maximum Gasteiger partial charge on any atom is 0.137 e. The minimum Gasteiger partial charge on any atom is -0.393 e. The fourth-order valence-corrected chi connectivity index (χ4v) is 3.19. The molecule has 1 heterocycles. The van der Waals surface area contributed by atoms with Crippen LogP contribution in [0.5, 0.6) is 0 Å². The van der Waals surface area contributed by atoms with Crippen molar-refractivity contribution < 1.29 is 5.11 Å². The van der Waals surface area contributed by atoms with Crippen LogP contribution in [-0.2, 0) is 6.42 Å². The third kappa shape index (κ3) is 3.74. The van der Waals surface area contributed by atoms with Crippen molar-refractivity contribution in [1.29, 1.82) is 0 Å². The van der Waals surface area contributed by atoms with Crippen LogP contribution in [-0.4, -0.2) is 27.2 Å². The highest BCUT2D eigenvalue weighted by molar-refractivity contribution is 5.89. The molecule has 0 saturated heterocycles. The number of aryl methyl sites for hydroxylation is 1. The Morgan fingerprint density at radius 2 is 2.05 bits per heavy atom. The molecule has 1 unspecified atom stereocenters. The van der Waals surface area contributed by atoms with E-state index in [2.05, 4.69) is 33.5 Å². The van der Waals surface area contributed by atoms with E-state index < -0.39 is 0 Å². The van der Waals surface area contributed by atoms with Gasteiger partial charge in [0.25, 0.3) is 0 Å². The number of benzene rings is 1. The Labute approximate surface area is 132 Å². The second-order valence-electron chi connectivity index (χ2n) is 6.44. The summed E-state index contributed by atoms with van der Waals surface area (Å²) in [5, 5.41) is 14.2. The van der Waals surface area contributed by atoms with E-state index in [0.29, 0.717) is 6.04 Å². The summed E-state index contributed by atoms with van der Waals surface area (Å²) >= 11 is 0. The number of aliphatic hydroxyl groups excluding tert-OH is 1. The van der Waals surface area contributed by atoms with Gasteiger partial charge < -0.3 is 10.4 Å². The Balaban J connectivity index is 1.83. The summed E-state index contributed by atoms with van der Waals surface area (Å²) in [5.41, 5.74) is 2.21. The first kappa shape index (κ1) is 15.2. The van der Waals surface area contributed by atoms with E-state index in [4.69, 9.17) is 0 Å². The molecule has 0 spiro atoms. The molecule has 3 rings (SSSR count). The van der Waals surface area contributed by atoms with Crippen LogP contribution >= 0.6 is 0 Å². The SMILES string of the molecule is CC(O)CCc1ccc2ncnc(NC3CCCCC3)c2c1. The van der Waals surface area contributed by atoms with Gasteiger partial charge >= 0.3 is 0 Å². The number of aliphatic hydroxyl groups is 1. The van der Waals surface area contributed by atoms with Gasteiger partial charge in [0.15, 0.2) is 0 Å². The molecule has 1 fully saturated rings. The van der Waals surface area contributed by atoms with Crippen LogP contribution in [0.2, 0.25) is 0 Å². The van der Waals surface area contributed by atoms with Crippen LogP contribution in [0.3, 0.4) is 0 Å². The zero-order valence-corrected chi connectivity index (χ0v) is 13.3. The number of aromatic nitrogens is 2. The molecule has 2 aromatic rings. The summed E-state index contributed by atoms with van der Waals surface area (Å²) in [5.74, 6) is 0.954. The molecule has 1 aliphatic rings. The smallest absolute Gasteiger partial charge is 0.137 e. The fourth-order valence-electron chi connectivity index (χ4n) is 3.19. The first-order chi connectivity index (χ1) is 10.7. The van der Waals surface area contributed by atoms with Gasteiger partial charge in [-0.05, 0) is 50.3 Å². The number of nitrogens with zero attached hydrogens (tertiary/aromatic N) is 2. The Hall–Kier alpha value is -1.68. The van der Waals surface area contributed by atoms with Crippen LogP contribution in [0.4, 0.5) is 5.82 Å². The summed E-state index contributed by atoms with van der Waals surface area (Å²) in [6, 6.07) is 6.86. The second kappa shape index (κ2) is 7.05. The molecule has 0 bridgehead atoms. The summed E-state index contributed by atoms with van der Waals surface area (Å²) in [6.45, 7) is 1.83. The molecule has 0 aliphatic heterocycles. The van der Waals surface area contributed by atoms with E-state index in [1.807, 2.05) is 6.92 Å². The monoisotopic (exact) mass is 299 g/mol. The first-order valence-electron chi connectivity index (χ1n) is 8.40. The summed E-state index contributed by atoms with van der Waals surface area (Å²) in [6.07, 6.45) is 9.47. The van der Waals surface area contributed by atoms with Gasteiger partial charge in [-0.2, -0.15) is 0 Å². The molecule has 2 N–H and O–H groups in total. The molecule has 1 atom stereocenters. The molecule has 1 saturated carbocycles. The van der Waals surface area contributed by atoms with Crippen LogP contribution in [0, 0.1) is 0 Å². The molecule has 0 amide bonds. The summed E-state index contributed by atoms with van der Waals surface area (Å²) in [4.78, 5) is 8.84. The van der Waals surface area contributed by atoms with E-state index >= 15 is 0 Å². The maximum absolute atomic E-state index is 9.46. The molecule has 1 aromatic heterocycles. The molecule has 118 valence electrons. The average molecular weight is 299 g/mol. The lowest BCUT2D eigenvalue weighted by Crippen LogP contribution is -2.23. The van der Waals surface area contributed by atoms with Crippen LogP contribution in [0.1, 0.15) is 51.0 Å². The summed E-state index contributed by atoms with van der Waals surface area (Å²) in [7, 11) is 0. The van der Waals surface area contributed by atoms with Gasteiger partial charge in [0.05, 0.1) is 11.6 Å². The van der Waals surface area contributed by atoms with Gasteiger partial charge in [0.1, 0.15) is 12.1 Å². The predicted molar refractivity (Wildman–Crippen MR) is 90.0 cm³/mol. The number of fused-ring (bicyclic) bond motifs is 1. The minimum atomic E-state index is -0.262.